The summed E-state index contributed by atoms with van der Waals surface area (Å²) in [6.07, 6.45) is -3.71. The van der Waals surface area contributed by atoms with Crippen LogP contribution in [-0.4, -0.2) is 10.6 Å². The normalized spacial score (nSPS) is 13.4. The van der Waals surface area contributed by atoms with Gasteiger partial charge in [0.25, 0.3) is 0 Å². The van der Waals surface area contributed by atoms with E-state index in [1.807, 2.05) is 0 Å². The summed E-state index contributed by atoms with van der Waals surface area (Å²) in [5.74, 6) is -0.0101. The number of aryl methyl sites for hydroxylation is 1. The van der Waals surface area contributed by atoms with E-state index in [1.54, 1.807) is 13.0 Å². The number of benzene rings is 1. The number of Topliss-reactive ketones (excluding diaryl/α,β-unsaturated/α-hetero) is 1. The summed E-state index contributed by atoms with van der Waals surface area (Å²) in [7, 11) is 0. The lowest BCUT2D eigenvalue weighted by Gasteiger charge is -2.13. The molecule has 18 heavy (non-hydrogen) atoms. The maximum Gasteiger partial charge on any atom is 0.416 e. The van der Waals surface area contributed by atoms with Gasteiger partial charge in [0, 0.05) is 6.42 Å². The van der Waals surface area contributed by atoms with Crippen LogP contribution in [0.4, 0.5) is 13.2 Å². The summed E-state index contributed by atoms with van der Waals surface area (Å²) in [4.78, 5) is 11.0. The van der Waals surface area contributed by atoms with Gasteiger partial charge in [-0.05, 0) is 30.5 Å². The van der Waals surface area contributed by atoms with Crippen LogP contribution in [0.2, 0.25) is 0 Å². The van der Waals surface area contributed by atoms with Crippen molar-refractivity contribution in [2.24, 2.45) is 0 Å². The number of alkyl halides is 4. The maximum absolute atomic E-state index is 12.7. The van der Waals surface area contributed by atoms with Gasteiger partial charge in [0.2, 0.25) is 0 Å². The van der Waals surface area contributed by atoms with Crippen LogP contribution in [0.5, 0.6) is 0 Å². The van der Waals surface area contributed by atoms with Gasteiger partial charge in [0.15, 0.2) is 0 Å². The quantitative estimate of drug-likeness (QED) is 0.755. The van der Waals surface area contributed by atoms with Crippen molar-refractivity contribution in [3.63, 3.8) is 0 Å². The van der Waals surface area contributed by atoms with E-state index >= 15 is 0 Å². The van der Waals surface area contributed by atoms with Gasteiger partial charge in [-0.3, -0.25) is 4.79 Å². The molecule has 100 valence electrons. The maximum atomic E-state index is 12.7. The highest BCUT2D eigenvalue weighted by atomic mass is 79.9. The van der Waals surface area contributed by atoms with E-state index in [0.717, 1.165) is 6.07 Å². The van der Waals surface area contributed by atoms with Crippen LogP contribution in [0.25, 0.3) is 0 Å². The Morgan fingerprint density at radius 1 is 1.39 bits per heavy atom. The Bertz CT molecular complexity index is 440. The van der Waals surface area contributed by atoms with Gasteiger partial charge >= 0.3 is 6.18 Å². The summed E-state index contributed by atoms with van der Waals surface area (Å²) >= 11 is 3.20. The van der Waals surface area contributed by atoms with Gasteiger partial charge in [0.05, 0.1) is 10.4 Å². The third-order valence-corrected chi connectivity index (χ3v) is 3.55. The van der Waals surface area contributed by atoms with Crippen molar-refractivity contribution in [3.05, 3.63) is 34.9 Å². The number of rotatable bonds is 4. The fourth-order valence-corrected chi connectivity index (χ4v) is 2.34. The van der Waals surface area contributed by atoms with Crippen LogP contribution in [0.15, 0.2) is 18.2 Å². The van der Waals surface area contributed by atoms with E-state index in [2.05, 4.69) is 15.9 Å². The highest BCUT2D eigenvalue weighted by Gasteiger charge is 2.32. The zero-order valence-corrected chi connectivity index (χ0v) is 11.7. The minimum absolute atomic E-state index is 0.0101. The Morgan fingerprint density at radius 3 is 2.50 bits per heavy atom. The molecular formula is C13H14BrF3O. The molecule has 1 aromatic carbocycles. The molecule has 1 aromatic rings. The first-order valence-corrected chi connectivity index (χ1v) is 6.50. The van der Waals surface area contributed by atoms with E-state index in [0.29, 0.717) is 12.0 Å². The zero-order valence-electron chi connectivity index (χ0n) is 10.1. The average Bonchev–Trinajstić information content (AvgIpc) is 2.29. The Balaban J connectivity index is 2.96. The molecule has 1 nitrogen and oxygen atoms in total. The van der Waals surface area contributed by atoms with Crippen LogP contribution in [-0.2, 0) is 17.4 Å². The predicted molar refractivity (Wildman–Crippen MR) is 67.9 cm³/mol. The molecule has 0 heterocycles. The van der Waals surface area contributed by atoms with Crippen molar-refractivity contribution in [2.75, 3.05) is 0 Å². The minimum Gasteiger partial charge on any atom is -0.298 e. The lowest BCUT2D eigenvalue weighted by Crippen LogP contribution is -2.16. The van der Waals surface area contributed by atoms with Crippen LogP contribution in [0.1, 0.15) is 30.0 Å². The van der Waals surface area contributed by atoms with Crippen LogP contribution in [0, 0.1) is 6.92 Å². The van der Waals surface area contributed by atoms with Crippen molar-refractivity contribution in [1.82, 2.24) is 0 Å². The Morgan fingerprint density at radius 2 is 2.00 bits per heavy atom. The Labute approximate surface area is 113 Å². The third kappa shape index (κ3) is 3.83. The molecule has 0 aliphatic heterocycles. The Kier molecular flexibility index (Phi) is 4.96. The molecule has 0 aromatic heterocycles. The standard InChI is InChI=1S/C13H14BrF3O/c1-3-12(18)11(14)7-9-5-4-8(2)10(6-9)13(15,16)17/h4-6,11H,3,7H2,1-2H3. The summed E-state index contributed by atoms with van der Waals surface area (Å²) in [5, 5.41) is 0. The SMILES string of the molecule is CCC(=O)C(Br)Cc1ccc(C)c(C(F)(F)F)c1. The molecule has 0 amide bonds. The molecule has 0 radical (unpaired) electrons. The first-order valence-electron chi connectivity index (χ1n) is 5.59. The predicted octanol–water partition coefficient (Wildman–Crippen LogP) is 4.30. The minimum atomic E-state index is -4.35. The van der Waals surface area contributed by atoms with Crippen LogP contribution in [0.3, 0.4) is 0 Å². The highest BCUT2D eigenvalue weighted by molar-refractivity contribution is 9.10. The van der Waals surface area contributed by atoms with E-state index < -0.39 is 16.6 Å². The number of carbonyl (C=O) groups is 1. The number of carbonyl (C=O) groups excluding carboxylic acids is 1. The summed E-state index contributed by atoms with van der Waals surface area (Å²) < 4.78 is 38.1. The summed E-state index contributed by atoms with van der Waals surface area (Å²) in [6, 6.07) is 4.18. The average molecular weight is 323 g/mol. The number of hydrogen-bond acceptors (Lipinski definition) is 1. The molecule has 0 aliphatic rings. The molecule has 1 rings (SSSR count). The lowest BCUT2D eigenvalue weighted by atomic mass is 10.0. The van der Waals surface area contributed by atoms with Gasteiger partial charge in [0.1, 0.15) is 5.78 Å². The van der Waals surface area contributed by atoms with Crippen LogP contribution >= 0.6 is 15.9 Å². The number of ketones is 1. The molecular weight excluding hydrogens is 309 g/mol. The Hall–Kier alpha value is -0.840. The fourth-order valence-electron chi connectivity index (χ4n) is 1.64. The summed E-state index contributed by atoms with van der Waals surface area (Å²) in [5.41, 5.74) is 0.0689. The second kappa shape index (κ2) is 5.87. The third-order valence-electron chi connectivity index (χ3n) is 2.72. The first-order chi connectivity index (χ1) is 8.25. The largest absolute Gasteiger partial charge is 0.416 e. The van der Waals surface area contributed by atoms with E-state index in [4.69, 9.17) is 0 Å². The monoisotopic (exact) mass is 322 g/mol. The van der Waals surface area contributed by atoms with Gasteiger partial charge in [-0.25, -0.2) is 0 Å². The van der Waals surface area contributed by atoms with Gasteiger partial charge < -0.3 is 0 Å². The molecule has 0 saturated heterocycles. The van der Waals surface area contributed by atoms with Gasteiger partial charge in [-0.2, -0.15) is 13.2 Å². The second-order valence-corrected chi connectivity index (χ2v) is 5.24. The van der Waals surface area contributed by atoms with Gasteiger partial charge in [-0.1, -0.05) is 35.0 Å². The number of halogens is 4. The highest BCUT2D eigenvalue weighted by Crippen LogP contribution is 2.32. The molecule has 1 unspecified atom stereocenters. The summed E-state index contributed by atoms with van der Waals surface area (Å²) in [6.45, 7) is 3.16. The van der Waals surface area contributed by atoms with Crippen molar-refractivity contribution in [3.8, 4) is 0 Å². The molecule has 0 bridgehead atoms. The lowest BCUT2D eigenvalue weighted by molar-refractivity contribution is -0.138. The molecule has 1 atom stereocenters. The first kappa shape index (κ1) is 15.2. The van der Waals surface area contributed by atoms with Crippen molar-refractivity contribution in [2.45, 2.75) is 37.7 Å². The van der Waals surface area contributed by atoms with Gasteiger partial charge in [-0.15, -0.1) is 0 Å². The van der Waals surface area contributed by atoms with Crippen LogP contribution < -0.4 is 0 Å². The molecule has 0 aliphatic carbocycles. The topological polar surface area (TPSA) is 17.1 Å². The van der Waals surface area contributed by atoms with Crippen molar-refractivity contribution < 1.29 is 18.0 Å². The molecule has 0 fully saturated rings. The van der Waals surface area contributed by atoms with E-state index in [-0.39, 0.29) is 17.8 Å². The smallest absolute Gasteiger partial charge is 0.298 e. The second-order valence-electron chi connectivity index (χ2n) is 4.14. The molecule has 5 heteroatoms. The zero-order chi connectivity index (χ0) is 13.9. The fraction of sp³-hybridized carbons (Fsp3) is 0.462. The van der Waals surface area contributed by atoms with E-state index in [9.17, 15) is 18.0 Å². The molecule has 0 spiro atoms. The van der Waals surface area contributed by atoms with Crippen molar-refractivity contribution >= 4 is 21.7 Å². The molecule has 0 saturated carbocycles. The van der Waals surface area contributed by atoms with E-state index in [1.165, 1.54) is 13.0 Å². The van der Waals surface area contributed by atoms with Crippen molar-refractivity contribution in [1.29, 1.82) is 0 Å². The number of hydrogen-bond donors (Lipinski definition) is 0. The molecule has 0 N–H and O–H groups in total.